The lowest BCUT2D eigenvalue weighted by atomic mass is 10.1. The fourth-order valence-corrected chi connectivity index (χ4v) is 3.76. The first-order valence-corrected chi connectivity index (χ1v) is 7.32. The Morgan fingerprint density at radius 2 is 2.18 bits per heavy atom. The molecule has 1 aromatic carbocycles. The number of hydrogen-bond acceptors (Lipinski definition) is 4. The van der Waals surface area contributed by atoms with Crippen molar-refractivity contribution in [2.24, 2.45) is 0 Å². The number of aryl methyl sites for hydroxylation is 1. The van der Waals surface area contributed by atoms with E-state index in [0.717, 1.165) is 15.0 Å². The van der Waals surface area contributed by atoms with Crippen LogP contribution in [0.3, 0.4) is 0 Å². The van der Waals surface area contributed by atoms with Crippen LogP contribution in [0.5, 0.6) is 0 Å². The molecule has 0 spiro atoms. The second-order valence-electron chi connectivity index (χ2n) is 3.57. The zero-order valence-corrected chi connectivity index (χ0v) is 11.7. The first-order chi connectivity index (χ1) is 8.20. The van der Waals surface area contributed by atoms with Crippen LogP contribution in [-0.2, 0) is 12.4 Å². The molecule has 1 heterocycles. The summed E-state index contributed by atoms with van der Waals surface area (Å²) in [6.07, 6.45) is 0. The molecule has 17 heavy (non-hydrogen) atoms. The molecule has 2 aromatic rings. The third-order valence-corrected chi connectivity index (χ3v) is 5.04. The molecule has 90 valence electrons. The van der Waals surface area contributed by atoms with Gasteiger partial charge in [-0.25, -0.2) is 4.98 Å². The average molecular weight is 286 g/mol. The molecule has 0 amide bonds. The Kier molecular flexibility index (Phi) is 4.45. The molecule has 5 heteroatoms. The second kappa shape index (κ2) is 5.87. The highest BCUT2D eigenvalue weighted by molar-refractivity contribution is 8.00. The molecule has 0 atom stereocenters. The molecule has 0 aliphatic carbocycles. The van der Waals surface area contributed by atoms with E-state index in [1.165, 1.54) is 22.5 Å². The minimum atomic E-state index is -0.0403. The van der Waals surface area contributed by atoms with Gasteiger partial charge in [0, 0.05) is 5.75 Å². The van der Waals surface area contributed by atoms with Crippen LogP contribution in [0.4, 0.5) is 0 Å². The summed E-state index contributed by atoms with van der Waals surface area (Å²) in [5, 5.41) is 9.46. The quantitative estimate of drug-likeness (QED) is 0.865. The van der Waals surface area contributed by atoms with Crippen LogP contribution in [0, 0.1) is 6.92 Å². The molecular formula is C12H12ClNOS2. The van der Waals surface area contributed by atoms with Crippen LogP contribution in [0.2, 0.25) is 5.15 Å². The van der Waals surface area contributed by atoms with Crippen molar-refractivity contribution in [3.05, 3.63) is 45.4 Å². The van der Waals surface area contributed by atoms with Crippen molar-refractivity contribution < 1.29 is 5.11 Å². The number of aromatic nitrogens is 1. The lowest BCUT2D eigenvalue weighted by Gasteiger charge is -2.02. The Bertz CT molecular complexity index is 513. The van der Waals surface area contributed by atoms with Crippen molar-refractivity contribution in [1.29, 1.82) is 0 Å². The van der Waals surface area contributed by atoms with E-state index in [9.17, 15) is 0 Å². The minimum Gasteiger partial charge on any atom is -0.391 e. The maximum absolute atomic E-state index is 9.04. The van der Waals surface area contributed by atoms with Gasteiger partial charge in [-0.2, -0.15) is 0 Å². The normalized spacial score (nSPS) is 10.8. The fourth-order valence-electron chi connectivity index (χ4n) is 1.38. The van der Waals surface area contributed by atoms with Gasteiger partial charge in [0.25, 0.3) is 0 Å². The van der Waals surface area contributed by atoms with Gasteiger partial charge in [-0.1, -0.05) is 47.6 Å². The molecule has 0 radical (unpaired) electrons. The summed E-state index contributed by atoms with van der Waals surface area (Å²) in [5.41, 5.74) is 2.58. The van der Waals surface area contributed by atoms with Gasteiger partial charge in [-0.15, -0.1) is 11.3 Å². The summed E-state index contributed by atoms with van der Waals surface area (Å²) in [7, 11) is 0. The first kappa shape index (κ1) is 12.9. The van der Waals surface area contributed by atoms with Crippen molar-refractivity contribution >= 4 is 34.7 Å². The van der Waals surface area contributed by atoms with E-state index in [1.807, 2.05) is 12.1 Å². The Labute approximate surface area is 114 Å². The molecule has 2 nitrogen and oxygen atoms in total. The van der Waals surface area contributed by atoms with E-state index in [4.69, 9.17) is 16.7 Å². The highest BCUT2D eigenvalue weighted by Gasteiger charge is 2.09. The number of thiazole rings is 1. The van der Waals surface area contributed by atoms with Gasteiger partial charge in [-0.05, 0) is 18.1 Å². The van der Waals surface area contributed by atoms with E-state index < -0.39 is 0 Å². The molecule has 0 unspecified atom stereocenters. The monoisotopic (exact) mass is 285 g/mol. The van der Waals surface area contributed by atoms with E-state index in [-0.39, 0.29) is 6.61 Å². The third-order valence-electron chi connectivity index (χ3n) is 2.39. The highest BCUT2D eigenvalue weighted by Crippen LogP contribution is 2.32. The van der Waals surface area contributed by atoms with Crippen LogP contribution >= 0.6 is 34.7 Å². The predicted octanol–water partition coefficient (Wildman–Crippen LogP) is 3.89. The molecule has 0 aliphatic rings. The molecule has 0 fully saturated rings. The molecule has 2 rings (SSSR count). The number of benzene rings is 1. The van der Waals surface area contributed by atoms with E-state index in [2.05, 4.69) is 24.0 Å². The van der Waals surface area contributed by atoms with E-state index in [0.29, 0.717) is 5.15 Å². The number of halogens is 1. The lowest BCUT2D eigenvalue weighted by molar-refractivity contribution is 0.285. The Hall–Kier alpha value is -0.550. The van der Waals surface area contributed by atoms with Crippen molar-refractivity contribution in [2.45, 2.75) is 23.6 Å². The maximum Gasteiger partial charge on any atom is 0.152 e. The molecule has 1 N–H and O–H groups in total. The molecule has 0 aliphatic heterocycles. The number of nitrogens with zero attached hydrogens (tertiary/aromatic N) is 1. The largest absolute Gasteiger partial charge is 0.391 e. The van der Waals surface area contributed by atoms with Crippen LogP contribution in [-0.4, -0.2) is 10.1 Å². The summed E-state index contributed by atoms with van der Waals surface area (Å²) in [5.74, 6) is 0.876. The highest BCUT2D eigenvalue weighted by atomic mass is 35.5. The van der Waals surface area contributed by atoms with E-state index in [1.54, 1.807) is 11.8 Å². The fraction of sp³-hybridized carbons (Fsp3) is 0.250. The molecule has 0 saturated heterocycles. The van der Waals surface area contributed by atoms with Gasteiger partial charge in [0.1, 0.15) is 5.15 Å². The summed E-state index contributed by atoms with van der Waals surface area (Å²) < 4.78 is 0.905. The summed E-state index contributed by atoms with van der Waals surface area (Å²) in [6.45, 7) is 2.06. The topological polar surface area (TPSA) is 33.1 Å². The second-order valence-corrected chi connectivity index (χ2v) is 6.23. The number of hydrogen-bond donors (Lipinski definition) is 1. The van der Waals surface area contributed by atoms with Crippen LogP contribution < -0.4 is 0 Å². The minimum absolute atomic E-state index is 0.0403. The number of thioether (sulfide) groups is 1. The van der Waals surface area contributed by atoms with Gasteiger partial charge in [-0.3, -0.25) is 0 Å². The van der Waals surface area contributed by atoms with Crippen molar-refractivity contribution in [3.8, 4) is 0 Å². The molecule has 1 aromatic heterocycles. The van der Waals surface area contributed by atoms with Crippen LogP contribution in [0.15, 0.2) is 28.6 Å². The van der Waals surface area contributed by atoms with Crippen LogP contribution in [0.1, 0.15) is 16.0 Å². The van der Waals surface area contributed by atoms with E-state index >= 15 is 0 Å². The Morgan fingerprint density at radius 1 is 1.41 bits per heavy atom. The number of rotatable bonds is 4. The summed E-state index contributed by atoms with van der Waals surface area (Å²) in [4.78, 5) is 4.95. The van der Waals surface area contributed by atoms with Crippen molar-refractivity contribution in [2.75, 3.05) is 0 Å². The first-order valence-electron chi connectivity index (χ1n) is 5.14. The Balaban J connectivity index is 2.05. The molecule has 0 bridgehead atoms. The zero-order valence-electron chi connectivity index (χ0n) is 9.31. The van der Waals surface area contributed by atoms with Gasteiger partial charge in [0.15, 0.2) is 4.34 Å². The van der Waals surface area contributed by atoms with Crippen molar-refractivity contribution in [3.63, 3.8) is 0 Å². The lowest BCUT2D eigenvalue weighted by Crippen LogP contribution is -1.84. The molecular weight excluding hydrogens is 274 g/mol. The van der Waals surface area contributed by atoms with Gasteiger partial charge < -0.3 is 5.11 Å². The zero-order chi connectivity index (χ0) is 12.3. The smallest absolute Gasteiger partial charge is 0.152 e. The summed E-state index contributed by atoms with van der Waals surface area (Å²) >= 11 is 8.99. The van der Waals surface area contributed by atoms with Gasteiger partial charge >= 0.3 is 0 Å². The number of aliphatic hydroxyl groups excluding tert-OH is 1. The average Bonchev–Trinajstić information content (AvgIpc) is 2.69. The third kappa shape index (κ3) is 3.22. The summed E-state index contributed by atoms with van der Waals surface area (Å²) in [6, 6.07) is 8.29. The predicted molar refractivity (Wildman–Crippen MR) is 73.8 cm³/mol. The standard InChI is InChI=1S/C12H12ClNOS2/c1-8-4-2-3-5-9(8)7-16-12-14-11(13)10(6-15)17-12/h2-5,15H,6-7H2,1H3. The van der Waals surface area contributed by atoms with Gasteiger partial charge in [0.05, 0.1) is 11.5 Å². The van der Waals surface area contributed by atoms with Crippen molar-refractivity contribution in [1.82, 2.24) is 4.98 Å². The Morgan fingerprint density at radius 3 is 2.82 bits per heavy atom. The maximum atomic E-state index is 9.04. The van der Waals surface area contributed by atoms with Crippen LogP contribution in [0.25, 0.3) is 0 Å². The van der Waals surface area contributed by atoms with Gasteiger partial charge in [0.2, 0.25) is 0 Å². The number of aliphatic hydroxyl groups is 1. The molecule has 0 saturated carbocycles. The SMILES string of the molecule is Cc1ccccc1CSc1nc(Cl)c(CO)s1.